The number of benzene rings is 1. The molecule has 4 heteroatoms. The molecule has 1 aromatic rings. The highest BCUT2D eigenvalue weighted by atomic mass is 127. The van der Waals surface area contributed by atoms with Gasteiger partial charge in [0.2, 0.25) is 5.91 Å². The molecule has 0 aromatic heterocycles. The first-order valence-electron chi connectivity index (χ1n) is 5.29. The molecule has 0 N–H and O–H groups in total. The van der Waals surface area contributed by atoms with E-state index in [0.29, 0.717) is 12.3 Å². The van der Waals surface area contributed by atoms with E-state index in [1.165, 1.54) is 5.56 Å². The van der Waals surface area contributed by atoms with Gasteiger partial charge in [-0.1, -0.05) is 6.07 Å². The van der Waals surface area contributed by atoms with Crippen LogP contribution in [0.15, 0.2) is 18.2 Å². The first-order valence-corrected chi connectivity index (χ1v) is 7.00. The molecule has 0 radical (unpaired) electrons. The van der Waals surface area contributed by atoms with Crippen molar-refractivity contribution in [1.29, 1.82) is 0 Å². The summed E-state index contributed by atoms with van der Waals surface area (Å²) in [6, 6.07) is 6.22. The zero-order chi connectivity index (χ0) is 11.7. The molecule has 1 unspecified atom stereocenters. The third-order valence-corrected chi connectivity index (χ3v) is 4.28. The molecule has 1 saturated heterocycles. The molecular weight excluding hydrogens is 333 g/mol. The summed E-state index contributed by atoms with van der Waals surface area (Å²) in [7, 11) is 0. The number of aryl methyl sites for hydroxylation is 1. The molecule has 86 valence electrons. The fourth-order valence-electron chi connectivity index (χ4n) is 1.97. The lowest BCUT2D eigenvalue weighted by Crippen LogP contribution is -2.25. The Bertz CT molecular complexity index is 421. The molecule has 2 rings (SSSR count). The predicted molar refractivity (Wildman–Crippen MR) is 78.2 cm³/mol. The minimum absolute atomic E-state index is 0.225. The molecule has 0 spiro atoms. The van der Waals surface area contributed by atoms with E-state index in [4.69, 9.17) is 0 Å². The van der Waals surface area contributed by atoms with Crippen LogP contribution in [0.4, 0.5) is 5.69 Å². The zero-order valence-corrected chi connectivity index (χ0v) is 12.2. The molecule has 1 aromatic carbocycles. The maximum Gasteiger partial charge on any atom is 0.227 e. The fraction of sp³-hybridized carbons (Fsp3) is 0.417. The van der Waals surface area contributed by atoms with Crippen molar-refractivity contribution >= 4 is 46.8 Å². The van der Waals surface area contributed by atoms with E-state index in [-0.39, 0.29) is 5.91 Å². The SMILES string of the molecule is Cc1ccc(I)c(N2CC(CS)CC2=O)c1. The topological polar surface area (TPSA) is 20.3 Å². The number of thiol groups is 1. The van der Waals surface area contributed by atoms with E-state index in [2.05, 4.69) is 60.3 Å². The lowest BCUT2D eigenvalue weighted by atomic mass is 10.1. The lowest BCUT2D eigenvalue weighted by Gasteiger charge is -2.18. The zero-order valence-electron chi connectivity index (χ0n) is 9.11. The third-order valence-electron chi connectivity index (χ3n) is 2.86. The molecule has 1 amide bonds. The number of carbonyl (C=O) groups is 1. The van der Waals surface area contributed by atoms with Gasteiger partial charge in [0.05, 0.1) is 5.69 Å². The monoisotopic (exact) mass is 347 g/mol. The van der Waals surface area contributed by atoms with Crippen LogP contribution in [0.1, 0.15) is 12.0 Å². The van der Waals surface area contributed by atoms with E-state index in [0.717, 1.165) is 21.6 Å². The Labute approximate surface area is 115 Å². The van der Waals surface area contributed by atoms with Crippen molar-refractivity contribution in [2.45, 2.75) is 13.3 Å². The van der Waals surface area contributed by atoms with Gasteiger partial charge >= 0.3 is 0 Å². The van der Waals surface area contributed by atoms with Gasteiger partial charge in [0.15, 0.2) is 0 Å². The van der Waals surface area contributed by atoms with Crippen LogP contribution >= 0.6 is 35.2 Å². The molecule has 1 aliphatic heterocycles. The maximum atomic E-state index is 11.9. The van der Waals surface area contributed by atoms with Crippen molar-refractivity contribution in [2.24, 2.45) is 5.92 Å². The summed E-state index contributed by atoms with van der Waals surface area (Å²) in [5.74, 6) is 1.40. The largest absolute Gasteiger partial charge is 0.311 e. The average molecular weight is 347 g/mol. The van der Waals surface area contributed by atoms with Crippen LogP contribution in [0.2, 0.25) is 0 Å². The first kappa shape index (κ1) is 12.2. The van der Waals surface area contributed by atoms with E-state index in [9.17, 15) is 4.79 Å². The predicted octanol–water partition coefficient (Wildman–Crippen LogP) is 2.88. The number of hydrogen-bond donors (Lipinski definition) is 1. The van der Waals surface area contributed by atoms with Gasteiger partial charge in [-0.25, -0.2) is 0 Å². The Balaban J connectivity index is 2.30. The van der Waals surface area contributed by atoms with Gasteiger partial charge in [-0.15, -0.1) is 0 Å². The Kier molecular flexibility index (Phi) is 3.79. The van der Waals surface area contributed by atoms with Gasteiger partial charge in [0.25, 0.3) is 0 Å². The van der Waals surface area contributed by atoms with E-state index >= 15 is 0 Å². The molecule has 2 nitrogen and oxygen atoms in total. The molecule has 1 heterocycles. The second-order valence-corrected chi connectivity index (χ2v) is 5.74. The summed E-state index contributed by atoms with van der Waals surface area (Å²) in [5, 5.41) is 0. The first-order chi connectivity index (χ1) is 7.61. The third kappa shape index (κ3) is 2.37. The molecule has 0 bridgehead atoms. The normalized spacial score (nSPS) is 20.6. The van der Waals surface area contributed by atoms with Gasteiger partial charge in [-0.05, 0) is 58.9 Å². The van der Waals surface area contributed by atoms with Gasteiger partial charge in [0, 0.05) is 16.5 Å². The Hall–Kier alpha value is -0.230. The van der Waals surface area contributed by atoms with Crippen LogP contribution in [0, 0.1) is 16.4 Å². The molecule has 0 aliphatic carbocycles. The fourth-order valence-corrected chi connectivity index (χ4v) is 2.84. The van der Waals surface area contributed by atoms with Crippen LogP contribution < -0.4 is 4.90 Å². The summed E-state index contributed by atoms with van der Waals surface area (Å²) in [4.78, 5) is 13.8. The van der Waals surface area contributed by atoms with E-state index in [1.54, 1.807) is 0 Å². The maximum absolute atomic E-state index is 11.9. The van der Waals surface area contributed by atoms with Crippen molar-refractivity contribution in [3.05, 3.63) is 27.3 Å². The second-order valence-electron chi connectivity index (χ2n) is 4.21. The van der Waals surface area contributed by atoms with Crippen molar-refractivity contribution in [1.82, 2.24) is 0 Å². The summed E-state index contributed by atoms with van der Waals surface area (Å²) in [5.41, 5.74) is 2.24. The standard InChI is InChI=1S/C12H14INOS/c1-8-2-3-10(13)11(4-8)14-6-9(7-16)5-12(14)15/h2-4,9,16H,5-7H2,1H3. The van der Waals surface area contributed by atoms with Crippen molar-refractivity contribution < 1.29 is 4.79 Å². The van der Waals surface area contributed by atoms with Crippen molar-refractivity contribution in [2.75, 3.05) is 17.2 Å². The smallest absolute Gasteiger partial charge is 0.227 e. The van der Waals surface area contributed by atoms with E-state index < -0.39 is 0 Å². The second kappa shape index (κ2) is 4.96. The van der Waals surface area contributed by atoms with Gasteiger partial charge in [-0.3, -0.25) is 4.79 Å². The Morgan fingerprint density at radius 2 is 2.31 bits per heavy atom. The Morgan fingerprint density at radius 3 is 2.94 bits per heavy atom. The van der Waals surface area contributed by atoms with Gasteiger partial charge in [0.1, 0.15) is 0 Å². The lowest BCUT2D eigenvalue weighted by molar-refractivity contribution is -0.117. The highest BCUT2D eigenvalue weighted by Crippen LogP contribution is 2.30. The van der Waals surface area contributed by atoms with Crippen LogP contribution in [0.5, 0.6) is 0 Å². The number of halogens is 1. The van der Waals surface area contributed by atoms with Crippen LogP contribution in [-0.4, -0.2) is 18.2 Å². The Morgan fingerprint density at radius 1 is 1.56 bits per heavy atom. The number of amides is 1. The molecule has 0 saturated carbocycles. The van der Waals surface area contributed by atoms with E-state index in [1.807, 2.05) is 4.90 Å². The molecule has 1 atom stereocenters. The van der Waals surface area contributed by atoms with Crippen LogP contribution in [0.25, 0.3) is 0 Å². The number of hydrogen-bond acceptors (Lipinski definition) is 2. The molecule has 16 heavy (non-hydrogen) atoms. The average Bonchev–Trinajstić information content (AvgIpc) is 2.63. The van der Waals surface area contributed by atoms with Crippen molar-refractivity contribution in [3.8, 4) is 0 Å². The number of rotatable bonds is 2. The van der Waals surface area contributed by atoms with Gasteiger partial charge < -0.3 is 4.90 Å². The number of nitrogens with zero attached hydrogens (tertiary/aromatic N) is 1. The minimum Gasteiger partial charge on any atom is -0.311 e. The highest BCUT2D eigenvalue weighted by Gasteiger charge is 2.30. The summed E-state index contributed by atoms with van der Waals surface area (Å²) in [6.45, 7) is 2.86. The number of anilines is 1. The molecule has 1 fully saturated rings. The van der Waals surface area contributed by atoms with Crippen molar-refractivity contribution in [3.63, 3.8) is 0 Å². The van der Waals surface area contributed by atoms with Crippen LogP contribution in [-0.2, 0) is 4.79 Å². The summed E-state index contributed by atoms with van der Waals surface area (Å²) >= 11 is 6.56. The molecular formula is C12H14INOS. The van der Waals surface area contributed by atoms with Crippen LogP contribution in [0.3, 0.4) is 0 Å². The summed E-state index contributed by atoms with van der Waals surface area (Å²) < 4.78 is 1.14. The van der Waals surface area contributed by atoms with Gasteiger partial charge in [-0.2, -0.15) is 12.6 Å². The highest BCUT2D eigenvalue weighted by molar-refractivity contribution is 14.1. The minimum atomic E-state index is 0.225. The quantitative estimate of drug-likeness (QED) is 0.644. The molecule has 1 aliphatic rings. The summed E-state index contributed by atoms with van der Waals surface area (Å²) in [6.07, 6.45) is 0.632. The number of carbonyl (C=O) groups excluding carboxylic acids is 1.